The van der Waals surface area contributed by atoms with E-state index in [-0.39, 0.29) is 23.1 Å². The van der Waals surface area contributed by atoms with Crippen molar-refractivity contribution in [2.45, 2.75) is 52.0 Å². The Morgan fingerprint density at radius 1 is 1.15 bits per heavy atom. The zero-order valence-electron chi connectivity index (χ0n) is 20.3. The second-order valence-electron chi connectivity index (χ2n) is 10.7. The number of ketones is 1. The lowest BCUT2D eigenvalue weighted by Crippen LogP contribution is -2.43. The van der Waals surface area contributed by atoms with Crippen molar-refractivity contribution < 1.29 is 14.3 Å². The number of likely N-dealkylation sites (tertiary alicyclic amines) is 1. The Hall–Kier alpha value is -2.22. The highest BCUT2D eigenvalue weighted by atomic mass is 32.1. The molecule has 1 aromatic heterocycles. The number of piperidine rings is 1. The predicted octanol–water partition coefficient (Wildman–Crippen LogP) is 3.90. The molecule has 2 aliphatic heterocycles. The molecular formula is C27H35N3O3S. The molecule has 7 heteroatoms. The summed E-state index contributed by atoms with van der Waals surface area (Å²) in [6.07, 6.45) is 3.63. The molecule has 1 amide bonds. The molecule has 0 saturated carbocycles. The van der Waals surface area contributed by atoms with Crippen LogP contribution in [0.1, 0.15) is 53.9 Å². The molecule has 2 saturated heterocycles. The number of thiophene rings is 1. The Kier molecular flexibility index (Phi) is 6.53. The summed E-state index contributed by atoms with van der Waals surface area (Å²) in [5, 5.41) is 1.17. The average Bonchev–Trinajstić information content (AvgIpc) is 3.19. The van der Waals surface area contributed by atoms with E-state index in [2.05, 4.69) is 30.9 Å². The van der Waals surface area contributed by atoms with Crippen LogP contribution in [0.15, 0.2) is 24.3 Å². The highest BCUT2D eigenvalue weighted by Crippen LogP contribution is 2.49. The number of carbonyl (C=O) groups is 2. The van der Waals surface area contributed by atoms with Crippen LogP contribution in [-0.4, -0.2) is 62.0 Å². The van der Waals surface area contributed by atoms with Gasteiger partial charge in [-0.25, -0.2) is 0 Å². The SMILES string of the molecule is CC1(C)CC(=O)c2sc(N3CCOCC3)c(-c3cccc(CC(=O)N4CCC(N)CC4)c3)c2C1. The van der Waals surface area contributed by atoms with Crippen molar-refractivity contribution in [3.63, 3.8) is 0 Å². The smallest absolute Gasteiger partial charge is 0.226 e. The van der Waals surface area contributed by atoms with E-state index in [1.165, 1.54) is 16.1 Å². The van der Waals surface area contributed by atoms with E-state index in [0.717, 1.165) is 61.4 Å². The third-order valence-corrected chi connectivity index (χ3v) is 8.63. The molecule has 0 unspecified atom stereocenters. The number of rotatable bonds is 4. The van der Waals surface area contributed by atoms with Gasteiger partial charge in [0.25, 0.3) is 0 Å². The second-order valence-corrected chi connectivity index (χ2v) is 11.7. The van der Waals surface area contributed by atoms with E-state index >= 15 is 0 Å². The largest absolute Gasteiger partial charge is 0.378 e. The van der Waals surface area contributed by atoms with Crippen LogP contribution in [-0.2, 0) is 22.4 Å². The lowest BCUT2D eigenvalue weighted by molar-refractivity contribution is -0.131. The van der Waals surface area contributed by atoms with Crippen LogP contribution in [0.2, 0.25) is 0 Å². The van der Waals surface area contributed by atoms with Crippen LogP contribution < -0.4 is 10.6 Å². The van der Waals surface area contributed by atoms with Crippen LogP contribution in [0.5, 0.6) is 0 Å². The summed E-state index contributed by atoms with van der Waals surface area (Å²) in [5.74, 6) is 0.424. The molecular weight excluding hydrogens is 446 g/mol. The first-order valence-electron chi connectivity index (χ1n) is 12.4. The standard InChI is InChI=1S/C27H35N3O3S/c1-27(2)16-21-24(26(30-10-12-33-13-11-30)34-25(21)22(31)17-27)19-5-3-4-18(14-19)15-23(32)29-8-6-20(28)7-9-29/h3-5,14,20H,6-13,15-17,28H2,1-2H3. The van der Waals surface area contributed by atoms with Crippen molar-refractivity contribution in [3.05, 3.63) is 40.3 Å². The third kappa shape index (κ3) is 4.79. The molecule has 0 bridgehead atoms. The fourth-order valence-electron chi connectivity index (χ4n) is 5.46. The first-order chi connectivity index (χ1) is 16.3. The van der Waals surface area contributed by atoms with Crippen LogP contribution in [0, 0.1) is 5.41 Å². The molecule has 0 spiro atoms. The second kappa shape index (κ2) is 9.44. The number of ether oxygens (including phenoxy) is 1. The Labute approximate surface area is 206 Å². The van der Waals surface area contributed by atoms with Crippen molar-refractivity contribution >= 4 is 28.0 Å². The van der Waals surface area contributed by atoms with Gasteiger partial charge in [-0.3, -0.25) is 9.59 Å². The van der Waals surface area contributed by atoms with Gasteiger partial charge >= 0.3 is 0 Å². The van der Waals surface area contributed by atoms with Gasteiger partial charge < -0.3 is 20.3 Å². The van der Waals surface area contributed by atoms with Crippen LogP contribution in [0.25, 0.3) is 11.1 Å². The molecule has 6 nitrogen and oxygen atoms in total. The number of carbonyl (C=O) groups excluding carboxylic acids is 2. The Morgan fingerprint density at radius 2 is 1.88 bits per heavy atom. The molecule has 3 aliphatic rings. The van der Waals surface area contributed by atoms with E-state index in [1.807, 2.05) is 17.0 Å². The first-order valence-corrected chi connectivity index (χ1v) is 13.3. The Balaban J connectivity index is 1.49. The average molecular weight is 482 g/mol. The summed E-state index contributed by atoms with van der Waals surface area (Å²) in [6.45, 7) is 8.93. The van der Waals surface area contributed by atoms with Crippen molar-refractivity contribution in [1.29, 1.82) is 0 Å². The maximum absolute atomic E-state index is 13.1. The molecule has 3 heterocycles. The van der Waals surface area contributed by atoms with Crippen LogP contribution in [0.3, 0.4) is 0 Å². The predicted molar refractivity (Wildman–Crippen MR) is 137 cm³/mol. The molecule has 2 N–H and O–H groups in total. The van der Waals surface area contributed by atoms with Gasteiger partial charge in [0.05, 0.1) is 29.5 Å². The molecule has 0 radical (unpaired) electrons. The molecule has 5 rings (SSSR count). The van der Waals surface area contributed by atoms with E-state index < -0.39 is 0 Å². The summed E-state index contributed by atoms with van der Waals surface area (Å²) in [6, 6.07) is 8.59. The minimum Gasteiger partial charge on any atom is -0.378 e. The zero-order chi connectivity index (χ0) is 23.9. The van der Waals surface area contributed by atoms with Crippen molar-refractivity contribution in [2.24, 2.45) is 11.1 Å². The maximum Gasteiger partial charge on any atom is 0.226 e. The number of hydrogen-bond donors (Lipinski definition) is 1. The normalized spacial score (nSPS) is 21.0. The maximum atomic E-state index is 13.1. The number of amides is 1. The number of Topliss-reactive ketones (excluding diaryl/α,β-unsaturated/α-hetero) is 1. The number of morpholine rings is 1. The Bertz CT molecular complexity index is 1080. The summed E-state index contributed by atoms with van der Waals surface area (Å²) in [7, 11) is 0. The quantitative estimate of drug-likeness (QED) is 0.717. The number of anilines is 1. The highest BCUT2D eigenvalue weighted by Gasteiger charge is 2.37. The van der Waals surface area contributed by atoms with Crippen molar-refractivity contribution in [3.8, 4) is 11.1 Å². The number of fused-ring (bicyclic) bond motifs is 1. The first kappa shape index (κ1) is 23.5. The zero-order valence-corrected chi connectivity index (χ0v) is 21.1. The summed E-state index contributed by atoms with van der Waals surface area (Å²) in [5.41, 5.74) is 10.5. The minimum atomic E-state index is -0.0507. The molecule has 182 valence electrons. The summed E-state index contributed by atoms with van der Waals surface area (Å²) < 4.78 is 5.60. The molecule has 1 aliphatic carbocycles. The van der Waals surface area contributed by atoms with Gasteiger partial charge in [-0.05, 0) is 41.4 Å². The molecule has 1 aromatic carbocycles. The monoisotopic (exact) mass is 481 g/mol. The molecule has 2 aromatic rings. The van der Waals surface area contributed by atoms with Crippen molar-refractivity contribution in [2.75, 3.05) is 44.3 Å². The molecule has 34 heavy (non-hydrogen) atoms. The molecule has 0 atom stereocenters. The van der Waals surface area contributed by atoms with E-state index in [9.17, 15) is 9.59 Å². The van der Waals surface area contributed by atoms with Gasteiger partial charge in [-0.15, -0.1) is 11.3 Å². The van der Waals surface area contributed by atoms with Gasteiger partial charge in [0.2, 0.25) is 5.91 Å². The van der Waals surface area contributed by atoms with E-state index in [4.69, 9.17) is 10.5 Å². The fourth-order valence-corrected chi connectivity index (χ4v) is 6.79. The van der Waals surface area contributed by atoms with Gasteiger partial charge in [-0.2, -0.15) is 0 Å². The van der Waals surface area contributed by atoms with Crippen LogP contribution in [0.4, 0.5) is 5.00 Å². The Morgan fingerprint density at radius 3 is 2.62 bits per heavy atom. The lowest BCUT2D eigenvalue weighted by atomic mass is 9.75. The lowest BCUT2D eigenvalue weighted by Gasteiger charge is -2.31. The third-order valence-electron chi connectivity index (χ3n) is 7.30. The fraction of sp³-hybridized carbons (Fsp3) is 0.556. The highest BCUT2D eigenvalue weighted by molar-refractivity contribution is 7.19. The number of hydrogen-bond acceptors (Lipinski definition) is 6. The molecule has 2 fully saturated rings. The van der Waals surface area contributed by atoms with Crippen LogP contribution >= 0.6 is 11.3 Å². The summed E-state index contributed by atoms with van der Waals surface area (Å²) in [4.78, 5) is 31.3. The summed E-state index contributed by atoms with van der Waals surface area (Å²) >= 11 is 1.65. The van der Waals surface area contributed by atoms with Gasteiger partial charge in [0.1, 0.15) is 0 Å². The van der Waals surface area contributed by atoms with Crippen molar-refractivity contribution in [1.82, 2.24) is 4.90 Å². The number of nitrogens with zero attached hydrogens (tertiary/aromatic N) is 2. The van der Waals surface area contributed by atoms with E-state index in [1.54, 1.807) is 11.3 Å². The van der Waals surface area contributed by atoms with Gasteiger partial charge in [0.15, 0.2) is 5.78 Å². The van der Waals surface area contributed by atoms with Gasteiger partial charge in [0, 0.05) is 44.2 Å². The minimum absolute atomic E-state index is 0.0507. The number of benzene rings is 1. The number of nitrogens with two attached hydrogens (primary N) is 1. The van der Waals surface area contributed by atoms with Gasteiger partial charge in [-0.1, -0.05) is 38.1 Å². The van der Waals surface area contributed by atoms with E-state index in [0.29, 0.717) is 26.1 Å². The topological polar surface area (TPSA) is 75.9 Å².